The van der Waals surface area contributed by atoms with Crippen molar-refractivity contribution in [3.8, 4) is 0 Å². The number of anilines is 1. The van der Waals surface area contributed by atoms with Crippen LogP contribution in [0.2, 0.25) is 0 Å². The SMILES string of the molecule is O=C1C2=C(OC3CCCCC13)C(=O)N(c1nccs1)C2c1ccc(F)cc1. The van der Waals surface area contributed by atoms with Gasteiger partial charge in [0.05, 0.1) is 17.5 Å². The third-order valence-electron chi connectivity index (χ3n) is 5.57. The second-order valence-corrected chi connectivity index (χ2v) is 7.97. The molecule has 1 fully saturated rings. The van der Waals surface area contributed by atoms with Crippen molar-refractivity contribution in [2.45, 2.75) is 37.8 Å². The molecule has 7 heteroatoms. The highest BCUT2D eigenvalue weighted by molar-refractivity contribution is 7.13. The van der Waals surface area contributed by atoms with E-state index in [9.17, 15) is 14.0 Å². The van der Waals surface area contributed by atoms with Crippen molar-refractivity contribution >= 4 is 28.2 Å². The van der Waals surface area contributed by atoms with Gasteiger partial charge in [-0.05, 0) is 37.0 Å². The van der Waals surface area contributed by atoms with Gasteiger partial charge in [-0.15, -0.1) is 11.3 Å². The van der Waals surface area contributed by atoms with Gasteiger partial charge in [0.15, 0.2) is 16.7 Å². The molecule has 1 aromatic heterocycles. The first-order valence-electron chi connectivity index (χ1n) is 9.08. The lowest BCUT2D eigenvalue weighted by molar-refractivity contribution is -0.131. The highest BCUT2D eigenvalue weighted by atomic mass is 32.1. The molecule has 3 unspecified atom stereocenters. The molecule has 2 aliphatic heterocycles. The van der Waals surface area contributed by atoms with Crippen LogP contribution in [-0.2, 0) is 14.3 Å². The van der Waals surface area contributed by atoms with Crippen LogP contribution in [0.4, 0.5) is 9.52 Å². The minimum atomic E-state index is -0.630. The number of halogens is 1. The van der Waals surface area contributed by atoms with Crippen molar-refractivity contribution < 1.29 is 18.7 Å². The largest absolute Gasteiger partial charge is 0.483 e. The highest BCUT2D eigenvalue weighted by Gasteiger charge is 2.52. The molecule has 3 heterocycles. The van der Waals surface area contributed by atoms with Crippen molar-refractivity contribution in [3.63, 3.8) is 0 Å². The third-order valence-corrected chi connectivity index (χ3v) is 6.35. The van der Waals surface area contributed by atoms with E-state index in [0.29, 0.717) is 16.3 Å². The number of fused-ring (bicyclic) bond motifs is 1. The van der Waals surface area contributed by atoms with Gasteiger partial charge in [0.1, 0.15) is 11.9 Å². The molecule has 0 bridgehead atoms. The maximum atomic E-state index is 13.5. The number of nitrogens with zero attached hydrogens (tertiary/aromatic N) is 2. The fourth-order valence-corrected chi connectivity index (χ4v) is 5.00. The molecule has 0 spiro atoms. The van der Waals surface area contributed by atoms with Crippen LogP contribution in [0.1, 0.15) is 37.3 Å². The fraction of sp³-hybridized carbons (Fsp3) is 0.350. The molecule has 0 radical (unpaired) electrons. The Morgan fingerprint density at radius 3 is 2.67 bits per heavy atom. The van der Waals surface area contributed by atoms with E-state index in [4.69, 9.17) is 4.74 Å². The van der Waals surface area contributed by atoms with Crippen LogP contribution in [0, 0.1) is 11.7 Å². The first kappa shape index (κ1) is 16.6. The summed E-state index contributed by atoms with van der Waals surface area (Å²) in [5.41, 5.74) is 1.07. The summed E-state index contributed by atoms with van der Waals surface area (Å²) in [7, 11) is 0. The van der Waals surface area contributed by atoms with E-state index >= 15 is 0 Å². The van der Waals surface area contributed by atoms with Crippen LogP contribution in [-0.4, -0.2) is 22.8 Å². The van der Waals surface area contributed by atoms with Gasteiger partial charge in [0.2, 0.25) is 0 Å². The zero-order valence-corrected chi connectivity index (χ0v) is 15.2. The molecule has 1 aliphatic carbocycles. The highest BCUT2D eigenvalue weighted by Crippen LogP contribution is 2.48. The zero-order valence-electron chi connectivity index (χ0n) is 14.4. The summed E-state index contributed by atoms with van der Waals surface area (Å²) in [6, 6.07) is 5.29. The molecule has 1 aromatic carbocycles. The Labute approximate surface area is 159 Å². The molecule has 27 heavy (non-hydrogen) atoms. The van der Waals surface area contributed by atoms with Crippen LogP contribution < -0.4 is 4.90 Å². The predicted molar refractivity (Wildman–Crippen MR) is 97.6 cm³/mol. The van der Waals surface area contributed by atoms with Gasteiger partial charge < -0.3 is 4.74 Å². The fourth-order valence-electron chi connectivity index (χ4n) is 4.34. The maximum Gasteiger partial charge on any atom is 0.296 e. The summed E-state index contributed by atoms with van der Waals surface area (Å²) in [4.78, 5) is 32.3. The standard InChI is InChI=1S/C20H17FN2O3S/c21-12-7-5-11(6-8-12)16-15-17(24)13-3-1-2-4-14(13)26-18(15)19(25)23(16)20-22-9-10-27-20/h5-10,13-14,16H,1-4H2. The summed E-state index contributed by atoms with van der Waals surface area (Å²) in [5.74, 6) is -0.775. The van der Waals surface area contributed by atoms with E-state index in [1.807, 2.05) is 0 Å². The Kier molecular flexibility index (Phi) is 3.86. The number of amides is 1. The molecule has 1 saturated carbocycles. The molecule has 5 rings (SSSR count). The Morgan fingerprint density at radius 1 is 1.15 bits per heavy atom. The lowest BCUT2D eigenvalue weighted by Crippen LogP contribution is -2.39. The topological polar surface area (TPSA) is 59.5 Å². The molecule has 5 nitrogen and oxygen atoms in total. The summed E-state index contributed by atoms with van der Waals surface area (Å²) < 4.78 is 19.5. The van der Waals surface area contributed by atoms with E-state index in [2.05, 4.69) is 4.98 Å². The Hall–Kier alpha value is -2.54. The van der Waals surface area contributed by atoms with Gasteiger partial charge in [0.25, 0.3) is 5.91 Å². The molecule has 0 N–H and O–H groups in total. The van der Waals surface area contributed by atoms with E-state index in [1.165, 1.54) is 28.4 Å². The van der Waals surface area contributed by atoms with Crippen LogP contribution in [0.3, 0.4) is 0 Å². The number of carbonyl (C=O) groups excluding carboxylic acids is 2. The van der Waals surface area contributed by atoms with Crippen LogP contribution in [0.15, 0.2) is 47.2 Å². The average molecular weight is 384 g/mol. The number of ketones is 1. The van der Waals surface area contributed by atoms with Gasteiger partial charge >= 0.3 is 0 Å². The first-order valence-corrected chi connectivity index (χ1v) is 9.96. The summed E-state index contributed by atoms with van der Waals surface area (Å²) in [6.07, 6.45) is 4.96. The number of hydrogen-bond acceptors (Lipinski definition) is 5. The summed E-state index contributed by atoms with van der Waals surface area (Å²) in [5, 5.41) is 2.28. The number of hydrogen-bond donors (Lipinski definition) is 0. The average Bonchev–Trinajstić information content (AvgIpc) is 3.30. The van der Waals surface area contributed by atoms with E-state index in [1.54, 1.807) is 23.7 Å². The normalized spacial score (nSPS) is 27.4. The smallest absolute Gasteiger partial charge is 0.296 e. The van der Waals surface area contributed by atoms with Crippen molar-refractivity contribution in [1.29, 1.82) is 0 Å². The lowest BCUT2D eigenvalue weighted by atomic mass is 9.77. The second kappa shape index (κ2) is 6.27. The maximum absolute atomic E-state index is 13.5. The van der Waals surface area contributed by atoms with Gasteiger partial charge in [-0.25, -0.2) is 9.37 Å². The van der Waals surface area contributed by atoms with Crippen LogP contribution >= 0.6 is 11.3 Å². The van der Waals surface area contributed by atoms with Gasteiger partial charge in [-0.1, -0.05) is 18.6 Å². The molecule has 0 saturated heterocycles. The zero-order chi connectivity index (χ0) is 18.5. The Morgan fingerprint density at radius 2 is 1.93 bits per heavy atom. The number of thiazole rings is 1. The molecular formula is C20H17FN2O3S. The third kappa shape index (κ3) is 2.52. The van der Waals surface area contributed by atoms with Gasteiger partial charge in [-0.3, -0.25) is 14.5 Å². The number of carbonyl (C=O) groups is 2. The molecule has 3 atom stereocenters. The minimum Gasteiger partial charge on any atom is -0.483 e. The summed E-state index contributed by atoms with van der Waals surface area (Å²) in [6.45, 7) is 0. The minimum absolute atomic E-state index is 0.0114. The van der Waals surface area contributed by atoms with Crippen molar-refractivity contribution in [1.82, 2.24) is 4.98 Å². The number of benzene rings is 1. The Balaban J connectivity index is 1.65. The van der Waals surface area contributed by atoms with E-state index < -0.39 is 6.04 Å². The number of rotatable bonds is 2. The second-order valence-electron chi connectivity index (χ2n) is 7.10. The number of ether oxygens (including phenoxy) is 1. The molecule has 138 valence electrons. The van der Waals surface area contributed by atoms with Gasteiger partial charge in [-0.2, -0.15) is 0 Å². The number of aromatic nitrogens is 1. The molecule has 3 aliphatic rings. The van der Waals surface area contributed by atoms with Crippen molar-refractivity contribution in [3.05, 3.63) is 58.6 Å². The van der Waals surface area contributed by atoms with Crippen LogP contribution in [0.5, 0.6) is 0 Å². The predicted octanol–water partition coefficient (Wildman–Crippen LogP) is 3.78. The van der Waals surface area contributed by atoms with E-state index in [-0.39, 0.29) is 35.3 Å². The number of Topliss-reactive ketones (excluding diaryl/α,β-unsaturated/α-hetero) is 1. The molecule has 1 amide bonds. The van der Waals surface area contributed by atoms with Crippen molar-refractivity contribution in [2.75, 3.05) is 4.90 Å². The molecular weight excluding hydrogens is 367 g/mol. The van der Waals surface area contributed by atoms with Crippen LogP contribution in [0.25, 0.3) is 0 Å². The van der Waals surface area contributed by atoms with Crippen molar-refractivity contribution in [2.24, 2.45) is 5.92 Å². The monoisotopic (exact) mass is 384 g/mol. The quantitative estimate of drug-likeness (QED) is 0.791. The summed E-state index contributed by atoms with van der Waals surface area (Å²) >= 11 is 1.32. The van der Waals surface area contributed by atoms with E-state index in [0.717, 1.165) is 25.7 Å². The Bertz CT molecular complexity index is 939. The lowest BCUT2D eigenvalue weighted by Gasteiger charge is -2.35. The van der Waals surface area contributed by atoms with Gasteiger partial charge in [0, 0.05) is 11.6 Å². The first-order chi connectivity index (χ1) is 13.1. The molecule has 2 aromatic rings.